The number of pyridine rings is 1. The molecule has 2 atom stereocenters. The molecule has 1 saturated heterocycles. The maximum atomic E-state index is 11.9. The molecular formula is C11H12N2O. The van der Waals surface area contributed by atoms with Gasteiger partial charge in [-0.2, -0.15) is 0 Å². The molecule has 1 aromatic heterocycles. The van der Waals surface area contributed by atoms with Gasteiger partial charge >= 0.3 is 0 Å². The predicted molar refractivity (Wildman–Crippen MR) is 52.9 cm³/mol. The zero-order valence-corrected chi connectivity index (χ0v) is 7.89. The molecule has 3 nitrogen and oxygen atoms in total. The van der Waals surface area contributed by atoms with Gasteiger partial charge in [-0.1, -0.05) is 0 Å². The minimum atomic E-state index is 0.292. The van der Waals surface area contributed by atoms with Crippen LogP contribution in [0.25, 0.3) is 0 Å². The van der Waals surface area contributed by atoms with Gasteiger partial charge in [-0.25, -0.2) is 0 Å². The average Bonchev–Trinajstić information content (AvgIpc) is 2.79. The average molecular weight is 188 g/mol. The topological polar surface area (TPSA) is 33.2 Å². The van der Waals surface area contributed by atoms with Crippen molar-refractivity contribution < 1.29 is 4.79 Å². The zero-order valence-electron chi connectivity index (χ0n) is 7.89. The Morgan fingerprint density at radius 1 is 1.43 bits per heavy atom. The normalized spacial score (nSPS) is 30.0. The smallest absolute Gasteiger partial charge is 0.230 e. The van der Waals surface area contributed by atoms with Gasteiger partial charge in [0.2, 0.25) is 5.91 Å². The van der Waals surface area contributed by atoms with E-state index in [2.05, 4.69) is 4.98 Å². The number of carbonyl (C=O) groups excluding carboxylic acids is 1. The van der Waals surface area contributed by atoms with E-state index in [0.29, 0.717) is 17.9 Å². The van der Waals surface area contributed by atoms with E-state index in [1.807, 2.05) is 17.0 Å². The van der Waals surface area contributed by atoms with Gasteiger partial charge < -0.3 is 4.90 Å². The van der Waals surface area contributed by atoms with E-state index < -0.39 is 0 Å². The monoisotopic (exact) mass is 188 g/mol. The lowest BCUT2D eigenvalue weighted by molar-refractivity contribution is -0.121. The third kappa shape index (κ3) is 0.983. The van der Waals surface area contributed by atoms with E-state index in [-0.39, 0.29) is 0 Å². The van der Waals surface area contributed by atoms with Crippen LogP contribution in [0, 0.1) is 5.92 Å². The molecule has 1 aliphatic carbocycles. The molecule has 1 amide bonds. The van der Waals surface area contributed by atoms with Crippen molar-refractivity contribution in [1.82, 2.24) is 4.98 Å². The van der Waals surface area contributed by atoms with E-state index in [4.69, 9.17) is 0 Å². The quantitative estimate of drug-likeness (QED) is 0.670. The standard InChI is InChI=1S/C11H12N2O/c14-11-8-3-4-9(6-8)13(11)10-2-1-5-12-7-10/h1-2,5,7-9H,3-4,6H2. The fourth-order valence-corrected chi connectivity index (χ4v) is 2.63. The van der Waals surface area contributed by atoms with Crippen LogP contribution in [-0.2, 0) is 4.79 Å². The Hall–Kier alpha value is -1.38. The van der Waals surface area contributed by atoms with Gasteiger partial charge in [-0.3, -0.25) is 9.78 Å². The Bertz CT molecular complexity index is 363. The highest BCUT2D eigenvalue weighted by molar-refractivity contribution is 5.98. The summed E-state index contributed by atoms with van der Waals surface area (Å²) in [5, 5.41) is 0. The van der Waals surface area contributed by atoms with Gasteiger partial charge in [0.05, 0.1) is 11.9 Å². The van der Waals surface area contributed by atoms with Crippen LogP contribution >= 0.6 is 0 Å². The third-order valence-corrected chi connectivity index (χ3v) is 3.28. The van der Waals surface area contributed by atoms with E-state index in [0.717, 1.165) is 24.9 Å². The van der Waals surface area contributed by atoms with Gasteiger partial charge in [0.1, 0.15) is 0 Å². The molecule has 14 heavy (non-hydrogen) atoms. The molecule has 0 N–H and O–H groups in total. The lowest BCUT2D eigenvalue weighted by Gasteiger charge is -2.26. The van der Waals surface area contributed by atoms with Gasteiger partial charge in [0.25, 0.3) is 0 Å². The Kier molecular flexibility index (Phi) is 1.60. The predicted octanol–water partition coefficient (Wildman–Crippen LogP) is 1.60. The Morgan fingerprint density at radius 2 is 2.36 bits per heavy atom. The highest BCUT2D eigenvalue weighted by atomic mass is 16.2. The number of hydrogen-bond acceptors (Lipinski definition) is 2. The molecule has 0 spiro atoms. The molecule has 1 aliphatic heterocycles. The van der Waals surface area contributed by atoms with Crippen molar-refractivity contribution in [3.05, 3.63) is 24.5 Å². The van der Waals surface area contributed by atoms with Gasteiger partial charge in [0.15, 0.2) is 0 Å². The summed E-state index contributed by atoms with van der Waals surface area (Å²) in [5.41, 5.74) is 0.963. The highest BCUT2D eigenvalue weighted by Gasteiger charge is 2.45. The second-order valence-electron chi connectivity index (χ2n) is 4.08. The second-order valence-corrected chi connectivity index (χ2v) is 4.08. The van der Waals surface area contributed by atoms with Gasteiger partial charge in [-0.15, -0.1) is 0 Å². The molecule has 2 bridgehead atoms. The summed E-state index contributed by atoms with van der Waals surface area (Å²) in [4.78, 5) is 17.9. The number of piperidine rings is 1. The van der Waals surface area contributed by atoms with Crippen LogP contribution in [0.15, 0.2) is 24.5 Å². The first-order valence-corrected chi connectivity index (χ1v) is 5.09. The van der Waals surface area contributed by atoms with E-state index in [1.165, 1.54) is 0 Å². The fraction of sp³-hybridized carbons (Fsp3) is 0.455. The zero-order chi connectivity index (χ0) is 9.54. The number of anilines is 1. The molecule has 2 aliphatic rings. The maximum absolute atomic E-state index is 11.9. The van der Waals surface area contributed by atoms with Crippen LogP contribution in [0.5, 0.6) is 0 Å². The molecule has 2 unspecified atom stereocenters. The fourth-order valence-electron chi connectivity index (χ4n) is 2.63. The number of aromatic nitrogens is 1. The molecule has 2 heterocycles. The molecule has 1 saturated carbocycles. The molecule has 3 heteroatoms. The van der Waals surface area contributed by atoms with Gasteiger partial charge in [0, 0.05) is 18.2 Å². The molecule has 1 aromatic rings. The number of rotatable bonds is 1. The SMILES string of the molecule is O=C1C2CCC(C2)N1c1cccnc1. The highest BCUT2D eigenvalue weighted by Crippen LogP contribution is 2.40. The van der Waals surface area contributed by atoms with E-state index >= 15 is 0 Å². The molecule has 0 aromatic carbocycles. The van der Waals surface area contributed by atoms with Crippen molar-refractivity contribution in [3.63, 3.8) is 0 Å². The van der Waals surface area contributed by atoms with Crippen molar-refractivity contribution in [2.75, 3.05) is 4.90 Å². The van der Waals surface area contributed by atoms with Crippen molar-refractivity contribution in [3.8, 4) is 0 Å². The van der Waals surface area contributed by atoms with Crippen molar-refractivity contribution in [2.45, 2.75) is 25.3 Å². The van der Waals surface area contributed by atoms with Crippen molar-refractivity contribution in [1.29, 1.82) is 0 Å². The summed E-state index contributed by atoms with van der Waals surface area (Å²) in [6.07, 6.45) is 6.81. The van der Waals surface area contributed by atoms with E-state index in [9.17, 15) is 4.79 Å². The second kappa shape index (κ2) is 2.80. The summed E-state index contributed by atoms with van der Waals surface area (Å²) in [5.74, 6) is 0.592. The van der Waals surface area contributed by atoms with Crippen LogP contribution in [0.1, 0.15) is 19.3 Å². The Morgan fingerprint density at radius 3 is 3.00 bits per heavy atom. The third-order valence-electron chi connectivity index (χ3n) is 3.28. The van der Waals surface area contributed by atoms with E-state index in [1.54, 1.807) is 12.4 Å². The van der Waals surface area contributed by atoms with Crippen LogP contribution in [0.2, 0.25) is 0 Å². The lowest BCUT2D eigenvalue weighted by atomic mass is 10.1. The number of amides is 1. The Balaban J connectivity index is 1.97. The summed E-state index contributed by atoms with van der Waals surface area (Å²) < 4.78 is 0. The minimum Gasteiger partial charge on any atom is -0.308 e. The first-order valence-electron chi connectivity index (χ1n) is 5.09. The van der Waals surface area contributed by atoms with Crippen LogP contribution < -0.4 is 4.90 Å². The van der Waals surface area contributed by atoms with Crippen LogP contribution in [-0.4, -0.2) is 16.9 Å². The summed E-state index contributed by atoms with van der Waals surface area (Å²) >= 11 is 0. The number of nitrogens with zero attached hydrogens (tertiary/aromatic N) is 2. The maximum Gasteiger partial charge on any atom is 0.230 e. The molecule has 2 fully saturated rings. The lowest BCUT2D eigenvalue weighted by Crippen LogP contribution is -2.36. The van der Waals surface area contributed by atoms with Crippen molar-refractivity contribution in [2.24, 2.45) is 5.92 Å². The molecule has 3 rings (SSSR count). The molecular weight excluding hydrogens is 176 g/mol. The molecule has 72 valence electrons. The summed E-state index contributed by atoms with van der Waals surface area (Å²) in [6, 6.07) is 4.29. The van der Waals surface area contributed by atoms with Crippen LogP contribution in [0.4, 0.5) is 5.69 Å². The number of fused-ring (bicyclic) bond motifs is 2. The minimum absolute atomic E-state index is 0.292. The number of carbonyl (C=O) groups is 1. The number of hydrogen-bond donors (Lipinski definition) is 0. The van der Waals surface area contributed by atoms with Crippen molar-refractivity contribution >= 4 is 11.6 Å². The first kappa shape index (κ1) is 7.97. The summed E-state index contributed by atoms with van der Waals surface area (Å²) in [6.45, 7) is 0. The molecule has 0 radical (unpaired) electrons. The summed E-state index contributed by atoms with van der Waals surface area (Å²) in [7, 11) is 0. The van der Waals surface area contributed by atoms with Gasteiger partial charge in [-0.05, 0) is 31.4 Å². The largest absolute Gasteiger partial charge is 0.308 e. The Labute approximate surface area is 82.8 Å². The van der Waals surface area contributed by atoms with Crippen LogP contribution in [0.3, 0.4) is 0 Å². The first-order chi connectivity index (χ1) is 6.86.